The topological polar surface area (TPSA) is 39.7 Å². The number of benzene rings is 1. The number of nitrogens with one attached hydrogen (secondary N) is 2. The number of halogens is 1. The number of aliphatic imine (C=N–C) groups is 1. The molecule has 0 bridgehead atoms. The molecule has 2 rings (SSSR count). The van der Waals surface area contributed by atoms with E-state index in [0.717, 1.165) is 19.0 Å². The minimum absolute atomic E-state index is 0. The Bertz CT molecular complexity index is 487. The molecular weight excluding hydrogens is 399 g/mol. The van der Waals surface area contributed by atoms with Gasteiger partial charge in [-0.2, -0.15) is 0 Å². The lowest BCUT2D eigenvalue weighted by molar-refractivity contribution is 0.309. The van der Waals surface area contributed by atoms with Crippen LogP contribution in [0.5, 0.6) is 0 Å². The molecule has 1 saturated heterocycles. The zero-order chi connectivity index (χ0) is 16.0. The van der Waals surface area contributed by atoms with Crippen LogP contribution < -0.4 is 10.6 Å². The molecule has 0 spiro atoms. The van der Waals surface area contributed by atoms with E-state index in [2.05, 4.69) is 71.8 Å². The Morgan fingerprint density at radius 1 is 1.26 bits per heavy atom. The van der Waals surface area contributed by atoms with Crippen LogP contribution in [0, 0.1) is 0 Å². The van der Waals surface area contributed by atoms with E-state index in [-0.39, 0.29) is 29.4 Å². The van der Waals surface area contributed by atoms with Crippen molar-refractivity contribution in [1.29, 1.82) is 0 Å². The molecule has 0 saturated carbocycles. The Balaban J connectivity index is 0.00000264. The summed E-state index contributed by atoms with van der Waals surface area (Å²) in [6.45, 7) is 7.54. The summed E-state index contributed by atoms with van der Waals surface area (Å²) in [5.41, 5.74) is 1.41. The number of hydrogen-bond acceptors (Lipinski definition) is 2. The average molecular weight is 430 g/mol. The molecule has 2 N–H and O–H groups in total. The van der Waals surface area contributed by atoms with E-state index in [1.807, 2.05) is 7.05 Å². The number of rotatable bonds is 5. The molecule has 5 heteroatoms. The Morgan fingerprint density at radius 3 is 2.52 bits per heavy atom. The van der Waals surface area contributed by atoms with Crippen molar-refractivity contribution < 1.29 is 0 Å². The van der Waals surface area contributed by atoms with Gasteiger partial charge < -0.3 is 15.5 Å². The maximum Gasteiger partial charge on any atom is 0.191 e. The molecule has 23 heavy (non-hydrogen) atoms. The highest BCUT2D eigenvalue weighted by Gasteiger charge is 2.22. The van der Waals surface area contributed by atoms with E-state index in [1.165, 1.54) is 24.9 Å². The molecule has 4 nitrogen and oxygen atoms in total. The summed E-state index contributed by atoms with van der Waals surface area (Å²) in [7, 11) is 4.04. The minimum Gasteiger partial charge on any atom is -0.356 e. The van der Waals surface area contributed by atoms with Crippen molar-refractivity contribution >= 4 is 29.9 Å². The summed E-state index contributed by atoms with van der Waals surface area (Å²) in [4.78, 5) is 6.77. The lowest BCUT2D eigenvalue weighted by Gasteiger charge is -2.27. The van der Waals surface area contributed by atoms with Gasteiger partial charge in [0, 0.05) is 31.6 Å². The smallest absolute Gasteiger partial charge is 0.191 e. The van der Waals surface area contributed by atoms with E-state index in [4.69, 9.17) is 0 Å². The Kier molecular flexibility index (Phi) is 8.33. The van der Waals surface area contributed by atoms with E-state index in [1.54, 1.807) is 0 Å². The average Bonchev–Trinajstić information content (AvgIpc) is 2.93. The van der Waals surface area contributed by atoms with Crippen molar-refractivity contribution in [2.75, 3.05) is 33.7 Å². The molecule has 1 aromatic rings. The fourth-order valence-corrected chi connectivity index (χ4v) is 2.97. The van der Waals surface area contributed by atoms with Gasteiger partial charge in [-0.3, -0.25) is 4.99 Å². The van der Waals surface area contributed by atoms with Crippen molar-refractivity contribution in [2.24, 2.45) is 4.99 Å². The van der Waals surface area contributed by atoms with Gasteiger partial charge in [0.05, 0.1) is 0 Å². The first-order valence-electron chi connectivity index (χ1n) is 8.23. The molecule has 130 valence electrons. The number of guanidine groups is 1. The fourth-order valence-electron chi connectivity index (χ4n) is 2.97. The lowest BCUT2D eigenvalue weighted by Crippen LogP contribution is -2.47. The molecule has 0 amide bonds. The molecule has 0 aliphatic carbocycles. The van der Waals surface area contributed by atoms with Crippen LogP contribution in [0.25, 0.3) is 0 Å². The number of hydrogen-bond donors (Lipinski definition) is 2. The van der Waals surface area contributed by atoms with Crippen molar-refractivity contribution in [3.63, 3.8) is 0 Å². The molecule has 1 atom stereocenters. The second-order valence-corrected chi connectivity index (χ2v) is 6.83. The largest absolute Gasteiger partial charge is 0.356 e. The van der Waals surface area contributed by atoms with Gasteiger partial charge >= 0.3 is 0 Å². The molecule has 1 heterocycles. The highest BCUT2D eigenvalue weighted by Crippen LogP contribution is 2.21. The Hall–Kier alpha value is -0.820. The summed E-state index contributed by atoms with van der Waals surface area (Å²) in [6.07, 6.45) is 2.58. The van der Waals surface area contributed by atoms with Crippen LogP contribution in [-0.4, -0.2) is 50.6 Å². The van der Waals surface area contributed by atoms with Crippen LogP contribution in [0.2, 0.25) is 0 Å². The normalized spacial score (nSPS) is 19.3. The van der Waals surface area contributed by atoms with Gasteiger partial charge in [0.1, 0.15) is 0 Å². The fraction of sp³-hybridized carbons (Fsp3) is 0.611. The summed E-state index contributed by atoms with van der Waals surface area (Å²) in [5, 5.41) is 6.93. The van der Waals surface area contributed by atoms with Crippen molar-refractivity contribution in [3.05, 3.63) is 35.9 Å². The zero-order valence-electron chi connectivity index (χ0n) is 14.8. The summed E-state index contributed by atoms with van der Waals surface area (Å²) >= 11 is 0. The predicted molar refractivity (Wildman–Crippen MR) is 110 cm³/mol. The van der Waals surface area contributed by atoms with Gasteiger partial charge in [-0.25, -0.2) is 0 Å². The Morgan fingerprint density at radius 2 is 1.96 bits per heavy atom. The highest BCUT2D eigenvalue weighted by atomic mass is 127. The van der Waals surface area contributed by atoms with Crippen LogP contribution in [0.4, 0.5) is 0 Å². The molecule has 1 aliphatic rings. The predicted octanol–water partition coefficient (Wildman–Crippen LogP) is 2.84. The van der Waals surface area contributed by atoms with Crippen molar-refractivity contribution in [3.8, 4) is 0 Å². The maximum atomic E-state index is 4.35. The molecule has 1 aliphatic heterocycles. The third-order valence-corrected chi connectivity index (χ3v) is 4.65. The molecule has 0 radical (unpaired) electrons. The van der Waals surface area contributed by atoms with Crippen LogP contribution in [-0.2, 0) is 5.41 Å². The summed E-state index contributed by atoms with van der Waals surface area (Å²) in [5.74, 6) is 0.893. The minimum atomic E-state index is 0. The number of likely N-dealkylation sites (tertiary alicyclic amines) is 1. The molecule has 0 aromatic heterocycles. The van der Waals surface area contributed by atoms with Crippen molar-refractivity contribution in [2.45, 2.75) is 38.1 Å². The maximum absolute atomic E-state index is 4.35. The first-order valence-corrected chi connectivity index (χ1v) is 8.23. The third kappa shape index (κ3) is 5.95. The van der Waals surface area contributed by atoms with Gasteiger partial charge in [-0.15, -0.1) is 24.0 Å². The molecular formula is C18H31IN4. The monoisotopic (exact) mass is 430 g/mol. The molecule has 1 fully saturated rings. The number of nitrogens with zero attached hydrogens (tertiary/aromatic N) is 2. The summed E-state index contributed by atoms with van der Waals surface area (Å²) in [6, 6.07) is 11.3. The molecule has 1 unspecified atom stereocenters. The second kappa shape index (κ2) is 9.47. The van der Waals surface area contributed by atoms with Crippen LogP contribution in [0.3, 0.4) is 0 Å². The Labute approximate surface area is 158 Å². The van der Waals surface area contributed by atoms with Crippen LogP contribution >= 0.6 is 24.0 Å². The summed E-state index contributed by atoms with van der Waals surface area (Å²) < 4.78 is 0. The quantitative estimate of drug-likeness (QED) is 0.429. The van der Waals surface area contributed by atoms with Gasteiger partial charge in [-0.1, -0.05) is 44.2 Å². The zero-order valence-corrected chi connectivity index (χ0v) is 17.1. The third-order valence-electron chi connectivity index (χ3n) is 4.65. The van der Waals surface area contributed by atoms with Crippen molar-refractivity contribution in [1.82, 2.24) is 15.5 Å². The van der Waals surface area contributed by atoms with Gasteiger partial charge in [0.2, 0.25) is 0 Å². The second-order valence-electron chi connectivity index (χ2n) is 6.83. The SMILES string of the molecule is CN=C(NCC1CCCN1C)NCC(C)(C)c1ccccc1.I. The highest BCUT2D eigenvalue weighted by molar-refractivity contribution is 14.0. The number of likely N-dealkylation sites (N-methyl/N-ethyl adjacent to an activating group) is 1. The van der Waals surface area contributed by atoms with Crippen LogP contribution in [0.15, 0.2) is 35.3 Å². The molecule has 1 aromatic carbocycles. The first kappa shape index (κ1) is 20.2. The van der Waals surface area contributed by atoms with E-state index in [9.17, 15) is 0 Å². The van der Waals surface area contributed by atoms with Gasteiger partial charge in [0.25, 0.3) is 0 Å². The van der Waals surface area contributed by atoms with E-state index in [0.29, 0.717) is 6.04 Å². The first-order chi connectivity index (χ1) is 10.5. The van der Waals surface area contributed by atoms with E-state index >= 15 is 0 Å². The standard InChI is InChI=1S/C18H30N4.HI/c1-18(2,15-9-6-5-7-10-15)14-21-17(19-3)20-13-16-11-8-12-22(16)4;/h5-7,9-10,16H,8,11-14H2,1-4H3,(H2,19,20,21);1H. The lowest BCUT2D eigenvalue weighted by atomic mass is 9.85. The van der Waals surface area contributed by atoms with E-state index < -0.39 is 0 Å². The van der Waals surface area contributed by atoms with Gasteiger partial charge in [0.15, 0.2) is 5.96 Å². The van der Waals surface area contributed by atoms with Gasteiger partial charge in [-0.05, 0) is 32.0 Å². The van der Waals surface area contributed by atoms with Crippen LogP contribution in [0.1, 0.15) is 32.3 Å².